The molecule has 0 aromatic heterocycles. The van der Waals surface area contributed by atoms with Crippen molar-refractivity contribution in [2.24, 2.45) is 0 Å². The van der Waals surface area contributed by atoms with E-state index in [1.165, 1.54) is 0 Å². The number of hydrogen-bond acceptors (Lipinski definition) is 4. The van der Waals surface area contributed by atoms with Crippen LogP contribution in [0.3, 0.4) is 0 Å². The van der Waals surface area contributed by atoms with Crippen molar-refractivity contribution in [2.75, 3.05) is 19.5 Å². The van der Waals surface area contributed by atoms with E-state index in [0.29, 0.717) is 12.2 Å². The molecule has 0 rings (SSSR count). The van der Waals surface area contributed by atoms with E-state index in [2.05, 4.69) is 9.05 Å². The molecule has 0 aliphatic carbocycles. The molecule has 0 saturated carbocycles. The first-order chi connectivity index (χ1) is 6.33. The fraction of sp³-hybridized carbons (Fsp3) is 1.00. The summed E-state index contributed by atoms with van der Waals surface area (Å²) in [4.78, 5) is 0. The first-order valence-corrected chi connectivity index (χ1v) is 6.98. The van der Waals surface area contributed by atoms with Gasteiger partial charge in [-0.2, -0.15) is 13.2 Å². The van der Waals surface area contributed by atoms with Crippen molar-refractivity contribution in [3.8, 4) is 0 Å². The van der Waals surface area contributed by atoms with E-state index in [1.54, 1.807) is 0 Å². The Balaban J connectivity index is 4.06. The summed E-state index contributed by atoms with van der Waals surface area (Å²) in [5.41, 5.74) is 0. The molecule has 0 aromatic rings. The van der Waals surface area contributed by atoms with E-state index in [0.717, 1.165) is 18.5 Å². The molecule has 0 fully saturated rings. The molecule has 0 amide bonds. The zero-order valence-corrected chi connectivity index (χ0v) is 9.55. The van der Waals surface area contributed by atoms with E-state index >= 15 is 0 Å². The summed E-state index contributed by atoms with van der Waals surface area (Å²) in [6.45, 7) is -3.35. The summed E-state index contributed by atoms with van der Waals surface area (Å²) in [6, 6.07) is 0. The molecule has 0 heterocycles. The van der Waals surface area contributed by atoms with Crippen LogP contribution in [0, 0.1) is 0 Å². The standard InChI is InChI=1S/C6H12F3O3PS/c1-3-4-14-13(10,11-2)12-5-6(7,8)9/h3-5H2,1-2H3. The molecule has 0 radical (unpaired) electrons. The highest BCUT2D eigenvalue weighted by molar-refractivity contribution is 8.55. The van der Waals surface area contributed by atoms with Crippen LogP contribution in [0.1, 0.15) is 13.3 Å². The van der Waals surface area contributed by atoms with Gasteiger partial charge in [0.2, 0.25) is 0 Å². The fourth-order valence-corrected chi connectivity index (χ4v) is 3.41. The minimum atomic E-state index is -4.49. The van der Waals surface area contributed by atoms with E-state index < -0.39 is 19.6 Å². The van der Waals surface area contributed by atoms with Crippen LogP contribution in [-0.4, -0.2) is 25.6 Å². The van der Waals surface area contributed by atoms with Gasteiger partial charge in [-0.05, 0) is 17.8 Å². The number of halogens is 3. The average Bonchev–Trinajstić information content (AvgIpc) is 2.10. The molecule has 0 spiro atoms. The molecule has 0 bridgehead atoms. The zero-order valence-electron chi connectivity index (χ0n) is 7.84. The van der Waals surface area contributed by atoms with Crippen LogP contribution < -0.4 is 0 Å². The van der Waals surface area contributed by atoms with Crippen LogP contribution in [0.4, 0.5) is 13.2 Å². The minimum absolute atomic E-state index is 0.434. The smallest absolute Gasteiger partial charge is 0.304 e. The maximum atomic E-state index is 11.7. The lowest BCUT2D eigenvalue weighted by Crippen LogP contribution is -2.15. The van der Waals surface area contributed by atoms with Gasteiger partial charge < -0.3 is 4.52 Å². The molecule has 0 aliphatic rings. The summed E-state index contributed by atoms with van der Waals surface area (Å²) in [5, 5.41) is 0. The van der Waals surface area contributed by atoms with Crippen molar-refractivity contribution in [3.63, 3.8) is 0 Å². The third-order valence-electron chi connectivity index (χ3n) is 1.06. The normalized spacial score (nSPS) is 16.6. The molecule has 14 heavy (non-hydrogen) atoms. The van der Waals surface area contributed by atoms with Crippen molar-refractivity contribution in [2.45, 2.75) is 19.5 Å². The number of rotatable bonds is 6. The van der Waals surface area contributed by atoms with Crippen molar-refractivity contribution in [1.29, 1.82) is 0 Å². The van der Waals surface area contributed by atoms with Crippen LogP contribution in [0.25, 0.3) is 0 Å². The highest BCUT2D eigenvalue weighted by atomic mass is 32.7. The van der Waals surface area contributed by atoms with Crippen LogP contribution in [0.2, 0.25) is 0 Å². The van der Waals surface area contributed by atoms with Gasteiger partial charge in [-0.15, -0.1) is 0 Å². The Bertz CT molecular complexity index is 209. The minimum Gasteiger partial charge on any atom is -0.304 e. The number of hydrogen-bond donors (Lipinski definition) is 0. The van der Waals surface area contributed by atoms with Crippen LogP contribution in [0.15, 0.2) is 0 Å². The second kappa shape index (κ2) is 6.00. The summed E-state index contributed by atoms with van der Waals surface area (Å²) < 4.78 is 55.3. The largest absolute Gasteiger partial charge is 0.412 e. The summed E-state index contributed by atoms with van der Waals surface area (Å²) >= 11 is 0.776. The van der Waals surface area contributed by atoms with Crippen molar-refractivity contribution in [1.82, 2.24) is 0 Å². The van der Waals surface area contributed by atoms with Gasteiger partial charge in [0.1, 0.15) is 0 Å². The summed E-state index contributed by atoms with van der Waals surface area (Å²) in [5.74, 6) is 0.434. The number of alkyl halides is 3. The third-order valence-corrected chi connectivity index (χ3v) is 5.12. The second-order valence-electron chi connectivity index (χ2n) is 2.35. The lowest BCUT2D eigenvalue weighted by atomic mass is 10.6. The van der Waals surface area contributed by atoms with E-state index in [-0.39, 0.29) is 0 Å². The quantitative estimate of drug-likeness (QED) is 0.678. The molecule has 8 heteroatoms. The van der Waals surface area contributed by atoms with E-state index in [1.807, 2.05) is 6.92 Å². The van der Waals surface area contributed by atoms with Crippen molar-refractivity contribution >= 4 is 18.2 Å². The van der Waals surface area contributed by atoms with Gasteiger partial charge in [-0.3, -0.25) is 4.52 Å². The second-order valence-corrected chi connectivity index (χ2v) is 6.65. The van der Waals surface area contributed by atoms with Gasteiger partial charge >= 0.3 is 13.0 Å². The molecule has 0 aliphatic heterocycles. The fourth-order valence-electron chi connectivity index (χ4n) is 0.498. The molecule has 1 atom stereocenters. The lowest BCUT2D eigenvalue weighted by Gasteiger charge is -2.15. The molecular formula is C6H12F3O3PS. The molecule has 0 N–H and O–H groups in total. The van der Waals surface area contributed by atoms with Gasteiger partial charge in [0.25, 0.3) is 0 Å². The monoisotopic (exact) mass is 252 g/mol. The third kappa shape index (κ3) is 6.70. The summed E-state index contributed by atoms with van der Waals surface area (Å²) in [7, 11) is 1.07. The van der Waals surface area contributed by atoms with Crippen LogP contribution in [-0.2, 0) is 13.6 Å². The topological polar surface area (TPSA) is 35.5 Å². The Morgan fingerprint density at radius 3 is 2.36 bits per heavy atom. The molecule has 0 saturated heterocycles. The molecule has 86 valence electrons. The zero-order chi connectivity index (χ0) is 11.2. The lowest BCUT2D eigenvalue weighted by molar-refractivity contribution is -0.154. The SMILES string of the molecule is CCCSP(=O)(OC)OCC(F)(F)F. The first kappa shape index (κ1) is 14.3. The Morgan fingerprint density at radius 1 is 1.43 bits per heavy atom. The van der Waals surface area contributed by atoms with Crippen molar-refractivity contribution in [3.05, 3.63) is 0 Å². The highest BCUT2D eigenvalue weighted by Gasteiger charge is 2.34. The molecule has 3 nitrogen and oxygen atoms in total. The maximum Gasteiger partial charge on any atom is 0.412 e. The van der Waals surface area contributed by atoms with Crippen molar-refractivity contribution < 1.29 is 26.8 Å². The average molecular weight is 252 g/mol. The Morgan fingerprint density at radius 2 is 2.00 bits per heavy atom. The molecular weight excluding hydrogens is 240 g/mol. The van der Waals surface area contributed by atoms with E-state index in [4.69, 9.17) is 0 Å². The van der Waals surface area contributed by atoms with Gasteiger partial charge in [0.05, 0.1) is 0 Å². The Kier molecular flexibility index (Phi) is 6.12. The predicted octanol–water partition coefficient (Wildman–Crippen LogP) is 3.46. The van der Waals surface area contributed by atoms with Crippen LogP contribution in [0.5, 0.6) is 0 Å². The Labute approximate surface area is 84.6 Å². The Hall–Kier alpha value is 0.290. The van der Waals surface area contributed by atoms with Crippen LogP contribution >= 0.6 is 18.2 Å². The van der Waals surface area contributed by atoms with Gasteiger partial charge in [0.15, 0.2) is 6.61 Å². The highest BCUT2D eigenvalue weighted by Crippen LogP contribution is 2.60. The molecule has 1 unspecified atom stereocenters. The first-order valence-electron chi connectivity index (χ1n) is 3.84. The van der Waals surface area contributed by atoms with Gasteiger partial charge in [-0.1, -0.05) is 6.92 Å². The van der Waals surface area contributed by atoms with Gasteiger partial charge in [0, 0.05) is 12.9 Å². The van der Waals surface area contributed by atoms with Gasteiger partial charge in [-0.25, -0.2) is 4.57 Å². The summed E-state index contributed by atoms with van der Waals surface area (Å²) in [6.07, 6.45) is -3.80. The maximum absolute atomic E-state index is 11.7. The predicted molar refractivity (Wildman–Crippen MR) is 49.4 cm³/mol. The van der Waals surface area contributed by atoms with E-state index in [9.17, 15) is 17.7 Å². The molecule has 0 aromatic carbocycles.